The van der Waals surface area contributed by atoms with Crippen LogP contribution in [-0.4, -0.2) is 9.55 Å². The first-order valence-corrected chi connectivity index (χ1v) is 23.6. The van der Waals surface area contributed by atoms with Crippen LogP contribution in [0.1, 0.15) is 130 Å². The summed E-state index contributed by atoms with van der Waals surface area (Å²) in [5.41, 5.74) is 16.4. The molecule has 5 heteroatoms. The molecule has 0 radical (unpaired) electrons. The number of para-hydroxylation sites is 1. The van der Waals surface area contributed by atoms with E-state index in [-0.39, 0.29) is 16.2 Å². The minimum Gasteiger partial charge on any atom is -0.457 e. The molecule has 2 atom stereocenters. The Labute approximate surface area is 387 Å². The maximum Gasteiger partial charge on any atom is 0.225 e. The van der Waals surface area contributed by atoms with Crippen LogP contribution in [0.2, 0.25) is 0 Å². The Kier molecular flexibility index (Phi) is 9.74. The smallest absolute Gasteiger partial charge is 0.225 e. The van der Waals surface area contributed by atoms with Gasteiger partial charge < -0.3 is 4.74 Å². The topological polar surface area (TPSA) is 27.1 Å². The van der Waals surface area contributed by atoms with Crippen molar-refractivity contribution in [3.8, 4) is 28.4 Å². The standard InChI is InChI=1S/C60H65N4O/c1-38(2)48-21-17-22-49(39(3)4)57(48)40-18-16-19-44(30-40)63-37-64(63,55-33-41(58(5,6)7)24-27-54(55)63)45-31-43(60(11,12)13)32-47(35-45)65-46-25-26-51-50-20-14-15-23-52(50)62(53(51)36-46)56-34-42(28-29-61-56)59(8,9)10/h14-39H,1-13H3/q+1/t63-,64?/m0/s1. The Morgan fingerprint density at radius 3 is 1.85 bits per heavy atom. The van der Waals surface area contributed by atoms with Gasteiger partial charge in [0.2, 0.25) is 11.4 Å². The number of hydrogen-bond acceptors (Lipinski definition) is 2. The second-order valence-corrected chi connectivity index (χ2v) is 22.4. The number of aromatic nitrogens is 2. The number of hydrogen-bond donors (Lipinski definition) is 0. The van der Waals surface area contributed by atoms with Crippen molar-refractivity contribution in [3.05, 3.63) is 174 Å². The maximum atomic E-state index is 7.10. The molecule has 0 spiro atoms. The van der Waals surface area contributed by atoms with Gasteiger partial charge in [-0.2, -0.15) is 9.18 Å². The van der Waals surface area contributed by atoms with E-state index in [0.717, 1.165) is 28.4 Å². The fourth-order valence-electron chi connectivity index (χ4n) is 10.4. The number of benzene rings is 6. The van der Waals surface area contributed by atoms with Crippen molar-refractivity contribution in [2.75, 3.05) is 0 Å². The molecule has 4 heterocycles. The predicted octanol–water partition coefficient (Wildman–Crippen LogP) is 17.1. The van der Waals surface area contributed by atoms with Gasteiger partial charge in [-0.15, -0.1) is 0 Å². The van der Waals surface area contributed by atoms with Crippen molar-refractivity contribution in [1.29, 1.82) is 0 Å². The average Bonchev–Trinajstić information content (AvgIpc) is 3.75. The second kappa shape index (κ2) is 14.8. The van der Waals surface area contributed by atoms with Gasteiger partial charge in [0.05, 0.1) is 11.0 Å². The number of fused-ring (bicyclic) bond motifs is 7. The van der Waals surface area contributed by atoms with Crippen molar-refractivity contribution in [2.24, 2.45) is 0 Å². The molecule has 2 aromatic heterocycles. The molecule has 1 unspecified atom stereocenters. The molecule has 0 amide bonds. The second-order valence-electron chi connectivity index (χ2n) is 22.4. The minimum absolute atomic E-state index is 0.000220. The SMILES string of the molecule is CC(C)c1cccc(C(C)C)c1-c1cccc([N@+]23[CH-][N+]2(c2cc(Oc4ccc5c6ccccc6n(-c6cc(C(C)(C)C)ccn6)c5c4)cc(C(C)(C)C)c2)c2cc(C(C)(C)C)ccc23)c1. The van der Waals surface area contributed by atoms with E-state index < -0.39 is 0 Å². The largest absolute Gasteiger partial charge is 0.457 e. The van der Waals surface area contributed by atoms with E-state index in [1.165, 1.54) is 72.5 Å². The summed E-state index contributed by atoms with van der Waals surface area (Å²) in [4.78, 5) is 4.94. The predicted molar refractivity (Wildman–Crippen MR) is 275 cm³/mol. The monoisotopic (exact) mass is 858 g/mol. The molecule has 5 nitrogen and oxygen atoms in total. The Morgan fingerprint density at radius 2 is 1.15 bits per heavy atom. The van der Waals surface area contributed by atoms with E-state index in [1.54, 1.807) is 0 Å². The number of pyridine rings is 1. The molecular weight excluding hydrogens is 793 g/mol. The summed E-state index contributed by atoms with van der Waals surface area (Å²) >= 11 is 0. The molecule has 330 valence electrons. The summed E-state index contributed by atoms with van der Waals surface area (Å²) < 4.78 is 10.6. The average molecular weight is 858 g/mol. The van der Waals surface area contributed by atoms with E-state index in [0.29, 0.717) is 21.0 Å². The molecular formula is C60H65N4O+. The lowest BCUT2D eigenvalue weighted by Gasteiger charge is -2.41. The third-order valence-corrected chi connectivity index (χ3v) is 14.1. The Bertz CT molecular complexity index is 3160. The van der Waals surface area contributed by atoms with E-state index in [2.05, 4.69) is 235 Å². The maximum absolute atomic E-state index is 7.10. The van der Waals surface area contributed by atoms with Gasteiger partial charge in [0.1, 0.15) is 17.3 Å². The highest BCUT2D eigenvalue weighted by atomic mass is 16.5. The zero-order valence-electron chi connectivity index (χ0n) is 40.7. The third kappa shape index (κ3) is 6.76. The molecule has 0 bridgehead atoms. The van der Waals surface area contributed by atoms with Crippen LogP contribution in [0.25, 0.3) is 38.8 Å². The fraction of sp³-hybridized carbons (Fsp3) is 0.300. The lowest BCUT2D eigenvalue weighted by molar-refractivity contribution is 0.420. The minimum atomic E-state index is -0.132. The molecule has 0 saturated carbocycles. The van der Waals surface area contributed by atoms with Crippen molar-refractivity contribution < 1.29 is 4.74 Å². The van der Waals surface area contributed by atoms with Crippen LogP contribution in [0.3, 0.4) is 0 Å². The molecule has 0 aliphatic carbocycles. The summed E-state index contributed by atoms with van der Waals surface area (Å²) in [6.07, 6.45) is 1.94. The highest BCUT2D eigenvalue weighted by Crippen LogP contribution is 2.76. The summed E-state index contributed by atoms with van der Waals surface area (Å²) in [7, 11) is 0. The van der Waals surface area contributed by atoms with Crippen molar-refractivity contribution in [1.82, 2.24) is 18.7 Å². The summed E-state index contributed by atoms with van der Waals surface area (Å²) in [6.45, 7) is 32.4. The lowest BCUT2D eigenvalue weighted by Crippen LogP contribution is -2.46. The van der Waals surface area contributed by atoms with Crippen LogP contribution < -0.4 is 13.9 Å². The Balaban J connectivity index is 1.13. The van der Waals surface area contributed by atoms with Crippen LogP contribution in [0.15, 0.2) is 140 Å². The van der Waals surface area contributed by atoms with Crippen LogP contribution >= 0.6 is 0 Å². The zero-order chi connectivity index (χ0) is 46.0. The van der Waals surface area contributed by atoms with Gasteiger partial charge in [-0.25, -0.2) is 4.98 Å². The van der Waals surface area contributed by atoms with Crippen molar-refractivity contribution in [3.63, 3.8) is 0 Å². The quantitative estimate of drug-likeness (QED) is 0.0865. The van der Waals surface area contributed by atoms with E-state index in [9.17, 15) is 0 Å². The highest BCUT2D eigenvalue weighted by molar-refractivity contribution is 6.09. The first-order valence-electron chi connectivity index (χ1n) is 23.6. The van der Waals surface area contributed by atoms with Crippen molar-refractivity contribution in [2.45, 2.75) is 118 Å². The third-order valence-electron chi connectivity index (χ3n) is 14.1. The van der Waals surface area contributed by atoms with Crippen LogP contribution in [0.4, 0.5) is 22.7 Å². The van der Waals surface area contributed by atoms with Gasteiger partial charge in [-0.3, -0.25) is 4.57 Å². The van der Waals surface area contributed by atoms with Gasteiger partial charge in [-0.05, 0) is 103 Å². The molecule has 65 heavy (non-hydrogen) atoms. The lowest BCUT2D eigenvalue weighted by atomic mass is 9.84. The normalized spacial score (nSPS) is 18.3. The number of quaternary nitrogens is 2. The first-order chi connectivity index (χ1) is 30.7. The molecule has 8 aromatic rings. The van der Waals surface area contributed by atoms with Crippen molar-refractivity contribution >= 4 is 44.6 Å². The van der Waals surface area contributed by atoms with Crippen LogP contribution in [-0.2, 0) is 16.2 Å². The van der Waals surface area contributed by atoms with E-state index in [4.69, 9.17) is 9.72 Å². The highest BCUT2D eigenvalue weighted by Gasteiger charge is 2.78. The zero-order valence-corrected chi connectivity index (χ0v) is 40.7. The summed E-state index contributed by atoms with van der Waals surface area (Å²) in [6, 6.07) is 49.9. The van der Waals surface area contributed by atoms with Gasteiger partial charge >= 0.3 is 0 Å². The van der Waals surface area contributed by atoms with Gasteiger partial charge in [0, 0.05) is 59.4 Å². The number of nitrogens with zero attached hydrogens (tertiary/aromatic N) is 4. The van der Waals surface area contributed by atoms with Gasteiger partial charge in [-0.1, -0.05) is 145 Å². The number of rotatable bonds is 8. The summed E-state index contributed by atoms with van der Waals surface area (Å²) in [5.74, 6) is 3.33. The molecule has 1 fully saturated rings. The molecule has 10 rings (SSSR count). The van der Waals surface area contributed by atoms with E-state index in [1.807, 2.05) is 6.20 Å². The van der Waals surface area contributed by atoms with Crippen LogP contribution in [0.5, 0.6) is 11.5 Å². The number of ether oxygens (including phenoxy) is 1. The molecule has 0 N–H and O–H groups in total. The fourth-order valence-corrected chi connectivity index (χ4v) is 10.4. The molecule has 6 aromatic carbocycles. The Morgan fingerprint density at radius 1 is 0.508 bits per heavy atom. The summed E-state index contributed by atoms with van der Waals surface area (Å²) in [5, 5.41) is 2.36. The van der Waals surface area contributed by atoms with Gasteiger partial charge in [0.25, 0.3) is 0 Å². The molecule has 2 aliphatic heterocycles. The van der Waals surface area contributed by atoms with E-state index >= 15 is 0 Å². The Hall–Kier alpha value is -6.01. The van der Waals surface area contributed by atoms with Gasteiger partial charge in [0.15, 0.2) is 18.0 Å². The van der Waals surface area contributed by atoms with Crippen LogP contribution in [0, 0.1) is 6.67 Å². The molecule has 2 aliphatic rings. The first kappa shape index (κ1) is 42.9. The molecule has 1 saturated heterocycles.